The Balaban J connectivity index is 2.01. The number of hydrogen-bond donors (Lipinski definition) is 0. The molecule has 0 unspecified atom stereocenters. The standard InChI is InChI=1S/C14H19BrClNO/c1-2-18-12-5-7-17(8-6-12)14-4-3-11(10-15)9-13(14)16/h3-4,9,12H,2,5-8,10H2,1H3. The van der Waals surface area contributed by atoms with Crippen molar-refractivity contribution >= 4 is 33.2 Å². The molecule has 0 aliphatic carbocycles. The van der Waals surface area contributed by atoms with Crippen LogP contribution in [0.3, 0.4) is 0 Å². The molecule has 100 valence electrons. The first-order chi connectivity index (χ1) is 8.74. The lowest BCUT2D eigenvalue weighted by Gasteiger charge is -2.34. The molecule has 1 aliphatic heterocycles. The van der Waals surface area contributed by atoms with Crippen molar-refractivity contribution in [2.75, 3.05) is 24.6 Å². The van der Waals surface area contributed by atoms with E-state index in [1.54, 1.807) is 0 Å². The second-order valence-electron chi connectivity index (χ2n) is 4.56. The number of anilines is 1. The highest BCUT2D eigenvalue weighted by atomic mass is 79.9. The van der Waals surface area contributed by atoms with E-state index in [0.717, 1.165) is 48.6 Å². The fraction of sp³-hybridized carbons (Fsp3) is 0.571. The highest BCUT2D eigenvalue weighted by Gasteiger charge is 2.20. The van der Waals surface area contributed by atoms with Crippen LogP contribution in [-0.2, 0) is 10.1 Å². The Morgan fingerprint density at radius 3 is 2.67 bits per heavy atom. The minimum atomic E-state index is 0.423. The van der Waals surface area contributed by atoms with Crippen molar-refractivity contribution in [3.8, 4) is 0 Å². The van der Waals surface area contributed by atoms with Crippen LogP contribution in [0, 0.1) is 0 Å². The van der Waals surface area contributed by atoms with E-state index in [2.05, 4.69) is 39.9 Å². The molecule has 1 aliphatic rings. The number of alkyl halides is 1. The van der Waals surface area contributed by atoms with Gasteiger partial charge in [0.2, 0.25) is 0 Å². The van der Waals surface area contributed by atoms with Gasteiger partial charge >= 0.3 is 0 Å². The van der Waals surface area contributed by atoms with Crippen LogP contribution in [0.4, 0.5) is 5.69 Å². The van der Waals surface area contributed by atoms with Gasteiger partial charge in [-0.3, -0.25) is 0 Å². The summed E-state index contributed by atoms with van der Waals surface area (Å²) >= 11 is 9.79. The number of ether oxygens (including phenoxy) is 1. The summed E-state index contributed by atoms with van der Waals surface area (Å²) in [5.74, 6) is 0. The molecule has 0 radical (unpaired) electrons. The van der Waals surface area contributed by atoms with Crippen molar-refractivity contribution in [1.82, 2.24) is 0 Å². The summed E-state index contributed by atoms with van der Waals surface area (Å²) in [4.78, 5) is 2.36. The first-order valence-electron chi connectivity index (χ1n) is 6.45. The molecule has 1 fully saturated rings. The highest BCUT2D eigenvalue weighted by molar-refractivity contribution is 9.08. The van der Waals surface area contributed by atoms with Gasteiger partial charge in [0, 0.05) is 25.0 Å². The van der Waals surface area contributed by atoms with Crippen LogP contribution < -0.4 is 4.90 Å². The molecule has 1 aromatic carbocycles. The van der Waals surface area contributed by atoms with E-state index >= 15 is 0 Å². The molecule has 0 saturated carbocycles. The highest BCUT2D eigenvalue weighted by Crippen LogP contribution is 2.30. The van der Waals surface area contributed by atoms with Gasteiger partial charge in [-0.1, -0.05) is 33.6 Å². The quantitative estimate of drug-likeness (QED) is 0.765. The first kappa shape index (κ1) is 14.2. The van der Waals surface area contributed by atoms with Crippen molar-refractivity contribution in [2.45, 2.75) is 31.2 Å². The SMILES string of the molecule is CCOC1CCN(c2ccc(CBr)cc2Cl)CC1. The smallest absolute Gasteiger partial charge is 0.0642 e. The summed E-state index contributed by atoms with van der Waals surface area (Å²) in [6.45, 7) is 4.92. The number of hydrogen-bond acceptors (Lipinski definition) is 2. The Morgan fingerprint density at radius 1 is 1.39 bits per heavy atom. The Hall–Kier alpha value is -0.250. The Bertz CT molecular complexity index is 391. The Kier molecular flexibility index (Phi) is 5.34. The number of halogens is 2. The number of benzene rings is 1. The van der Waals surface area contributed by atoms with Crippen molar-refractivity contribution in [2.24, 2.45) is 0 Å². The third-order valence-electron chi connectivity index (χ3n) is 3.35. The average molecular weight is 333 g/mol. The van der Waals surface area contributed by atoms with Gasteiger partial charge in [-0.15, -0.1) is 0 Å². The van der Waals surface area contributed by atoms with Crippen molar-refractivity contribution in [3.63, 3.8) is 0 Å². The van der Waals surface area contributed by atoms with E-state index in [4.69, 9.17) is 16.3 Å². The van der Waals surface area contributed by atoms with Crippen LogP contribution in [-0.4, -0.2) is 25.8 Å². The lowest BCUT2D eigenvalue weighted by Crippen LogP contribution is -2.37. The maximum absolute atomic E-state index is 6.35. The molecule has 18 heavy (non-hydrogen) atoms. The first-order valence-corrected chi connectivity index (χ1v) is 7.95. The number of nitrogens with zero attached hydrogens (tertiary/aromatic N) is 1. The maximum atomic E-state index is 6.35. The molecule has 2 nitrogen and oxygen atoms in total. The van der Waals surface area contributed by atoms with Crippen molar-refractivity contribution in [1.29, 1.82) is 0 Å². The molecular formula is C14H19BrClNO. The van der Waals surface area contributed by atoms with E-state index in [-0.39, 0.29) is 0 Å². The molecule has 0 N–H and O–H groups in total. The zero-order chi connectivity index (χ0) is 13.0. The van der Waals surface area contributed by atoms with Crippen molar-refractivity contribution in [3.05, 3.63) is 28.8 Å². The largest absolute Gasteiger partial charge is 0.378 e. The predicted octanol–water partition coefficient (Wildman–Crippen LogP) is 4.24. The van der Waals surface area contributed by atoms with Gasteiger partial charge in [-0.25, -0.2) is 0 Å². The third kappa shape index (κ3) is 3.40. The van der Waals surface area contributed by atoms with E-state index in [9.17, 15) is 0 Å². The second kappa shape index (κ2) is 6.78. The Morgan fingerprint density at radius 2 is 2.11 bits per heavy atom. The van der Waals surface area contributed by atoms with E-state index in [0.29, 0.717) is 6.10 Å². The maximum Gasteiger partial charge on any atom is 0.0642 e. The third-order valence-corrected chi connectivity index (χ3v) is 4.30. The van der Waals surface area contributed by atoms with Crippen LogP contribution in [0.1, 0.15) is 25.3 Å². The second-order valence-corrected chi connectivity index (χ2v) is 5.53. The summed E-state index contributed by atoms with van der Waals surface area (Å²) in [6.07, 6.45) is 2.60. The molecule has 0 aromatic heterocycles. The van der Waals surface area contributed by atoms with Gasteiger partial charge in [0.25, 0.3) is 0 Å². The monoisotopic (exact) mass is 331 g/mol. The summed E-state index contributed by atoms with van der Waals surface area (Å²) in [6, 6.07) is 6.30. The average Bonchev–Trinajstić information content (AvgIpc) is 2.40. The van der Waals surface area contributed by atoms with Crippen LogP contribution >= 0.6 is 27.5 Å². The summed E-state index contributed by atoms with van der Waals surface area (Å²) in [7, 11) is 0. The normalized spacial score (nSPS) is 17.2. The minimum absolute atomic E-state index is 0.423. The van der Waals surface area contributed by atoms with Gasteiger partial charge in [-0.2, -0.15) is 0 Å². The summed E-state index contributed by atoms with van der Waals surface area (Å²) < 4.78 is 5.67. The molecule has 2 rings (SSSR count). The van der Waals surface area contributed by atoms with Gasteiger partial charge in [-0.05, 0) is 37.5 Å². The molecular weight excluding hydrogens is 314 g/mol. The van der Waals surface area contributed by atoms with Crippen LogP contribution in [0.25, 0.3) is 0 Å². The molecule has 0 bridgehead atoms. The molecule has 4 heteroatoms. The fourth-order valence-electron chi connectivity index (χ4n) is 2.39. The van der Waals surface area contributed by atoms with Crippen LogP contribution in [0.15, 0.2) is 18.2 Å². The number of rotatable bonds is 4. The topological polar surface area (TPSA) is 12.5 Å². The van der Waals surface area contributed by atoms with E-state index < -0.39 is 0 Å². The van der Waals surface area contributed by atoms with Crippen LogP contribution in [0.2, 0.25) is 5.02 Å². The zero-order valence-corrected chi connectivity index (χ0v) is 13.0. The lowest BCUT2D eigenvalue weighted by molar-refractivity contribution is 0.0459. The number of piperidine rings is 1. The summed E-state index contributed by atoms with van der Waals surface area (Å²) in [5, 5.41) is 1.70. The van der Waals surface area contributed by atoms with E-state index in [1.807, 2.05) is 6.07 Å². The van der Waals surface area contributed by atoms with Gasteiger partial charge in [0.1, 0.15) is 0 Å². The zero-order valence-electron chi connectivity index (χ0n) is 10.7. The summed E-state index contributed by atoms with van der Waals surface area (Å²) in [5.41, 5.74) is 2.37. The minimum Gasteiger partial charge on any atom is -0.378 e. The van der Waals surface area contributed by atoms with Gasteiger partial charge in [0.15, 0.2) is 0 Å². The van der Waals surface area contributed by atoms with E-state index in [1.165, 1.54) is 5.56 Å². The fourth-order valence-corrected chi connectivity index (χ4v) is 3.06. The van der Waals surface area contributed by atoms with Gasteiger partial charge < -0.3 is 9.64 Å². The van der Waals surface area contributed by atoms with Crippen LogP contribution in [0.5, 0.6) is 0 Å². The van der Waals surface area contributed by atoms with Gasteiger partial charge in [0.05, 0.1) is 16.8 Å². The predicted molar refractivity (Wildman–Crippen MR) is 80.9 cm³/mol. The molecule has 0 atom stereocenters. The lowest BCUT2D eigenvalue weighted by atomic mass is 10.1. The molecule has 1 aromatic rings. The molecule has 1 heterocycles. The molecule has 1 saturated heterocycles. The molecule has 0 amide bonds. The van der Waals surface area contributed by atoms with Crippen molar-refractivity contribution < 1.29 is 4.74 Å². The Labute approximate surface area is 122 Å². The molecule has 0 spiro atoms.